The number of hydrogen-bond acceptors (Lipinski definition) is 5. The first-order chi connectivity index (χ1) is 13.0. The van der Waals surface area contributed by atoms with Crippen LogP contribution in [0.3, 0.4) is 0 Å². The number of fused-ring (bicyclic) bond motifs is 1. The van der Waals surface area contributed by atoms with Crippen LogP contribution in [0.4, 0.5) is 0 Å². The molecule has 138 valence electrons. The highest BCUT2D eigenvalue weighted by molar-refractivity contribution is 8.00. The average molecular weight is 401 g/mol. The highest BCUT2D eigenvalue weighted by Crippen LogP contribution is 2.67. The topological polar surface area (TPSA) is 68.3 Å². The highest BCUT2D eigenvalue weighted by atomic mass is 35.5. The molecule has 0 radical (unpaired) electrons. The number of aromatic nitrogens is 1. The molecule has 0 aliphatic heterocycles. The number of furan rings is 1. The number of thioether (sulfide) groups is 1. The van der Waals surface area contributed by atoms with Crippen LogP contribution in [0.2, 0.25) is 5.02 Å². The van der Waals surface area contributed by atoms with Crippen LogP contribution >= 0.6 is 23.4 Å². The van der Waals surface area contributed by atoms with Crippen molar-refractivity contribution in [3.63, 3.8) is 0 Å². The van der Waals surface area contributed by atoms with Gasteiger partial charge >= 0.3 is 0 Å². The van der Waals surface area contributed by atoms with Gasteiger partial charge in [0.1, 0.15) is 5.52 Å². The smallest absolute Gasteiger partial charge is 0.287 e. The first-order valence-corrected chi connectivity index (χ1v) is 10.4. The van der Waals surface area contributed by atoms with Gasteiger partial charge < -0.3 is 14.2 Å². The maximum Gasteiger partial charge on any atom is 0.287 e. The number of hydrogen-bond donors (Lipinski definition) is 1. The first kappa shape index (κ1) is 16.1. The molecule has 2 bridgehead atoms. The van der Waals surface area contributed by atoms with Gasteiger partial charge in [-0.25, -0.2) is 4.98 Å². The summed E-state index contributed by atoms with van der Waals surface area (Å²) in [6, 6.07) is 9.14. The Labute approximate surface area is 164 Å². The third-order valence-electron chi connectivity index (χ3n) is 5.82. The molecule has 5 nitrogen and oxygen atoms in total. The summed E-state index contributed by atoms with van der Waals surface area (Å²) in [6.07, 6.45) is 5.05. The predicted molar refractivity (Wildman–Crippen MR) is 102 cm³/mol. The van der Waals surface area contributed by atoms with E-state index >= 15 is 0 Å². The summed E-state index contributed by atoms with van der Waals surface area (Å²) in [5, 5.41) is 5.31. The van der Waals surface area contributed by atoms with Crippen molar-refractivity contribution in [3.8, 4) is 0 Å². The molecule has 1 N–H and O–H groups in total. The fourth-order valence-corrected chi connectivity index (χ4v) is 5.58. The molecule has 3 aromatic rings. The Morgan fingerprint density at radius 3 is 2.78 bits per heavy atom. The third-order valence-corrected chi connectivity index (χ3v) is 7.32. The van der Waals surface area contributed by atoms with Crippen LogP contribution in [0.1, 0.15) is 48.5 Å². The van der Waals surface area contributed by atoms with Gasteiger partial charge in [0.2, 0.25) is 5.89 Å². The minimum atomic E-state index is -0.147. The Morgan fingerprint density at radius 2 is 2.00 bits per heavy atom. The van der Waals surface area contributed by atoms with Crippen molar-refractivity contribution in [1.82, 2.24) is 10.3 Å². The SMILES string of the molecule is O=C(NC12CC(c3nc4cc(Cl)ccc4o3)(C1)C2)c1ccc(SC2CC2)o1. The summed E-state index contributed by atoms with van der Waals surface area (Å²) >= 11 is 7.75. The van der Waals surface area contributed by atoms with E-state index in [-0.39, 0.29) is 16.9 Å². The lowest BCUT2D eigenvalue weighted by molar-refractivity contribution is -0.0958. The molecule has 1 aromatic carbocycles. The van der Waals surface area contributed by atoms with E-state index in [1.807, 2.05) is 24.3 Å². The van der Waals surface area contributed by atoms with Gasteiger partial charge in [0.15, 0.2) is 16.4 Å². The quantitative estimate of drug-likeness (QED) is 0.657. The van der Waals surface area contributed by atoms with Gasteiger partial charge in [-0.3, -0.25) is 4.79 Å². The summed E-state index contributed by atoms with van der Waals surface area (Å²) < 4.78 is 11.6. The minimum Gasteiger partial charge on any atom is -0.445 e. The molecule has 4 saturated carbocycles. The number of carbonyl (C=O) groups is 1. The largest absolute Gasteiger partial charge is 0.445 e. The molecule has 0 saturated heterocycles. The lowest BCUT2D eigenvalue weighted by Gasteiger charge is -2.68. The van der Waals surface area contributed by atoms with Crippen molar-refractivity contribution < 1.29 is 13.6 Å². The standard InChI is InChI=1S/C20H17ClN2O3S/c21-11-1-4-14-13(7-11)22-18(26-14)19-8-20(9-19,10-19)23-17(24)15-5-6-16(25-15)27-12-2-3-12/h1,4-7,12H,2-3,8-10H2,(H,23,24). The number of carbonyl (C=O) groups excluding carboxylic acids is 1. The molecular weight excluding hydrogens is 384 g/mol. The van der Waals surface area contributed by atoms with Crippen LogP contribution in [0.5, 0.6) is 0 Å². The summed E-state index contributed by atoms with van der Waals surface area (Å²) in [7, 11) is 0. The number of benzene rings is 1. The van der Waals surface area contributed by atoms with E-state index in [9.17, 15) is 4.79 Å². The van der Waals surface area contributed by atoms with Crippen LogP contribution in [0.25, 0.3) is 11.1 Å². The fourth-order valence-electron chi connectivity index (χ4n) is 4.43. The monoisotopic (exact) mass is 400 g/mol. The molecule has 2 aromatic heterocycles. The molecule has 4 aliphatic carbocycles. The summed E-state index contributed by atoms with van der Waals surface area (Å²) in [6.45, 7) is 0. The van der Waals surface area contributed by atoms with E-state index in [0.29, 0.717) is 16.0 Å². The summed E-state index contributed by atoms with van der Waals surface area (Å²) in [5.74, 6) is 1.03. The van der Waals surface area contributed by atoms with Crippen molar-refractivity contribution in [2.24, 2.45) is 0 Å². The molecule has 4 aliphatic rings. The maximum atomic E-state index is 12.5. The molecule has 7 heteroatoms. The Morgan fingerprint density at radius 1 is 1.19 bits per heavy atom. The number of oxazole rings is 1. The Hall–Kier alpha value is -1.92. The number of halogens is 1. The van der Waals surface area contributed by atoms with Crippen LogP contribution in [0.15, 0.2) is 44.3 Å². The van der Waals surface area contributed by atoms with Crippen molar-refractivity contribution >= 4 is 40.4 Å². The van der Waals surface area contributed by atoms with E-state index in [1.165, 1.54) is 12.8 Å². The van der Waals surface area contributed by atoms with Crippen molar-refractivity contribution in [2.75, 3.05) is 0 Å². The molecular formula is C20H17ClN2O3S. The normalized spacial score (nSPS) is 28.6. The number of nitrogens with one attached hydrogen (secondary N) is 1. The average Bonchev–Trinajstić information content (AvgIpc) is 3.09. The highest BCUT2D eigenvalue weighted by Gasteiger charge is 2.71. The second kappa shape index (κ2) is 5.32. The number of amides is 1. The van der Waals surface area contributed by atoms with Gasteiger partial charge in [-0.15, -0.1) is 0 Å². The molecule has 0 spiro atoms. The predicted octanol–water partition coefficient (Wildman–Crippen LogP) is 4.93. The van der Waals surface area contributed by atoms with Crippen molar-refractivity contribution in [1.29, 1.82) is 0 Å². The van der Waals surface area contributed by atoms with Crippen LogP contribution in [-0.4, -0.2) is 21.7 Å². The van der Waals surface area contributed by atoms with Gasteiger partial charge in [-0.05, 0) is 62.4 Å². The van der Waals surface area contributed by atoms with Crippen LogP contribution in [0, 0.1) is 0 Å². The second-order valence-electron chi connectivity index (χ2n) is 8.11. The van der Waals surface area contributed by atoms with Crippen molar-refractivity contribution in [2.45, 2.75) is 53.4 Å². The molecule has 0 atom stereocenters. The molecule has 7 rings (SSSR count). The molecule has 4 fully saturated rings. The lowest BCUT2D eigenvalue weighted by atomic mass is 9.39. The van der Waals surface area contributed by atoms with E-state index in [4.69, 9.17) is 20.4 Å². The second-order valence-corrected chi connectivity index (χ2v) is 9.85. The molecule has 27 heavy (non-hydrogen) atoms. The Bertz CT molecular complexity index is 1060. The first-order valence-electron chi connectivity index (χ1n) is 9.18. The molecule has 0 unspecified atom stereocenters. The van der Waals surface area contributed by atoms with Crippen LogP contribution in [-0.2, 0) is 5.41 Å². The van der Waals surface area contributed by atoms with Gasteiger partial charge in [-0.2, -0.15) is 0 Å². The number of rotatable bonds is 5. The van der Waals surface area contributed by atoms with E-state index in [1.54, 1.807) is 17.8 Å². The lowest BCUT2D eigenvalue weighted by Crippen LogP contribution is -2.76. The molecule has 2 heterocycles. The molecule has 1 amide bonds. The van der Waals surface area contributed by atoms with Crippen LogP contribution < -0.4 is 5.32 Å². The van der Waals surface area contributed by atoms with Gasteiger partial charge in [0.05, 0.1) is 5.41 Å². The zero-order valence-electron chi connectivity index (χ0n) is 14.5. The minimum absolute atomic E-state index is 0.0467. The maximum absolute atomic E-state index is 12.5. The zero-order valence-corrected chi connectivity index (χ0v) is 16.0. The zero-order chi connectivity index (χ0) is 18.2. The van der Waals surface area contributed by atoms with E-state index < -0.39 is 0 Å². The van der Waals surface area contributed by atoms with Gasteiger partial charge in [0, 0.05) is 15.8 Å². The fraction of sp³-hybridized carbons (Fsp3) is 0.400. The Kier molecular flexibility index (Phi) is 3.17. The van der Waals surface area contributed by atoms with Crippen molar-refractivity contribution in [3.05, 3.63) is 47.0 Å². The Balaban J connectivity index is 1.14. The van der Waals surface area contributed by atoms with E-state index in [0.717, 1.165) is 41.3 Å². The van der Waals surface area contributed by atoms with Gasteiger partial charge in [0.25, 0.3) is 5.91 Å². The third kappa shape index (κ3) is 2.53. The van der Waals surface area contributed by atoms with Gasteiger partial charge in [-0.1, -0.05) is 23.4 Å². The summed E-state index contributed by atoms with van der Waals surface area (Å²) in [5.41, 5.74) is 1.35. The summed E-state index contributed by atoms with van der Waals surface area (Å²) in [4.78, 5) is 17.2. The number of nitrogens with zero attached hydrogens (tertiary/aromatic N) is 1. The van der Waals surface area contributed by atoms with E-state index in [2.05, 4.69) is 10.3 Å².